The van der Waals surface area contributed by atoms with Gasteiger partial charge in [-0.05, 0) is 38.1 Å². The summed E-state index contributed by atoms with van der Waals surface area (Å²) in [6, 6.07) is 8.61. The van der Waals surface area contributed by atoms with Crippen molar-refractivity contribution in [3.63, 3.8) is 0 Å². The van der Waals surface area contributed by atoms with Gasteiger partial charge < -0.3 is 15.2 Å². The molecule has 1 aliphatic heterocycles. The third kappa shape index (κ3) is 4.20. The SMILES string of the molecule is CCOc1cccc(CNC[C@@H]2C[C@@H](O)CN2C)c1. The highest BCUT2D eigenvalue weighted by atomic mass is 16.5. The molecule has 1 aliphatic rings. The van der Waals surface area contributed by atoms with Crippen LogP contribution in [-0.2, 0) is 6.54 Å². The highest BCUT2D eigenvalue weighted by molar-refractivity contribution is 5.28. The third-order valence-corrected chi connectivity index (χ3v) is 3.58. The molecule has 19 heavy (non-hydrogen) atoms. The maximum Gasteiger partial charge on any atom is 0.119 e. The maximum atomic E-state index is 9.60. The van der Waals surface area contributed by atoms with Gasteiger partial charge in [-0.25, -0.2) is 0 Å². The minimum atomic E-state index is -0.168. The average Bonchev–Trinajstić information content (AvgIpc) is 2.69. The predicted octanol–water partition coefficient (Wildman–Crippen LogP) is 1.24. The van der Waals surface area contributed by atoms with Crippen molar-refractivity contribution < 1.29 is 9.84 Å². The van der Waals surface area contributed by atoms with Crippen LogP contribution in [0.3, 0.4) is 0 Å². The molecule has 0 aliphatic carbocycles. The first kappa shape index (κ1) is 14.3. The van der Waals surface area contributed by atoms with E-state index in [2.05, 4.69) is 29.4 Å². The highest BCUT2D eigenvalue weighted by Crippen LogP contribution is 2.16. The van der Waals surface area contributed by atoms with Crippen molar-refractivity contribution in [2.45, 2.75) is 32.0 Å². The summed E-state index contributed by atoms with van der Waals surface area (Å²) in [5, 5.41) is 13.1. The lowest BCUT2D eigenvalue weighted by molar-refractivity contribution is 0.182. The van der Waals surface area contributed by atoms with E-state index in [1.165, 1.54) is 5.56 Å². The van der Waals surface area contributed by atoms with Crippen LogP contribution in [0.2, 0.25) is 0 Å². The Morgan fingerprint density at radius 3 is 3.00 bits per heavy atom. The fraction of sp³-hybridized carbons (Fsp3) is 0.600. The third-order valence-electron chi connectivity index (χ3n) is 3.58. The summed E-state index contributed by atoms with van der Waals surface area (Å²) in [7, 11) is 2.07. The largest absolute Gasteiger partial charge is 0.494 e. The Morgan fingerprint density at radius 1 is 1.47 bits per heavy atom. The molecule has 4 heteroatoms. The van der Waals surface area contributed by atoms with Crippen LogP contribution < -0.4 is 10.1 Å². The number of likely N-dealkylation sites (tertiary alicyclic amines) is 1. The molecule has 1 aromatic carbocycles. The number of nitrogens with zero attached hydrogens (tertiary/aromatic N) is 1. The second-order valence-electron chi connectivity index (χ2n) is 5.19. The van der Waals surface area contributed by atoms with Gasteiger partial charge in [0.25, 0.3) is 0 Å². The second-order valence-corrected chi connectivity index (χ2v) is 5.19. The van der Waals surface area contributed by atoms with Crippen LogP contribution in [0, 0.1) is 0 Å². The Morgan fingerprint density at radius 2 is 2.32 bits per heavy atom. The van der Waals surface area contributed by atoms with E-state index >= 15 is 0 Å². The van der Waals surface area contributed by atoms with Crippen LogP contribution >= 0.6 is 0 Å². The van der Waals surface area contributed by atoms with E-state index in [9.17, 15) is 5.11 Å². The molecule has 2 atom stereocenters. The number of aliphatic hydroxyl groups excluding tert-OH is 1. The second kappa shape index (κ2) is 6.89. The molecule has 4 nitrogen and oxygen atoms in total. The van der Waals surface area contributed by atoms with Gasteiger partial charge in [0.15, 0.2) is 0 Å². The molecule has 0 radical (unpaired) electrons. The van der Waals surface area contributed by atoms with Gasteiger partial charge in [-0.15, -0.1) is 0 Å². The fourth-order valence-corrected chi connectivity index (χ4v) is 2.58. The molecule has 0 aromatic heterocycles. The number of nitrogens with one attached hydrogen (secondary N) is 1. The molecule has 1 aromatic rings. The number of ether oxygens (including phenoxy) is 1. The average molecular weight is 264 g/mol. The van der Waals surface area contributed by atoms with E-state index in [1.54, 1.807) is 0 Å². The van der Waals surface area contributed by atoms with Crippen molar-refractivity contribution >= 4 is 0 Å². The van der Waals surface area contributed by atoms with Crippen LogP contribution in [0.25, 0.3) is 0 Å². The van der Waals surface area contributed by atoms with Gasteiger partial charge in [0, 0.05) is 25.7 Å². The van der Waals surface area contributed by atoms with Crippen molar-refractivity contribution in [2.24, 2.45) is 0 Å². The van der Waals surface area contributed by atoms with Crippen LogP contribution in [0.5, 0.6) is 5.75 Å². The molecule has 2 rings (SSSR count). The molecule has 0 spiro atoms. The van der Waals surface area contributed by atoms with Gasteiger partial charge in [0.05, 0.1) is 12.7 Å². The molecular weight excluding hydrogens is 240 g/mol. The molecule has 0 bridgehead atoms. The van der Waals surface area contributed by atoms with E-state index in [0.717, 1.165) is 31.8 Å². The molecule has 0 amide bonds. The number of β-amino-alcohol motifs (C(OH)–C–C–N with tert-alkyl or cyclic N) is 1. The van der Waals surface area contributed by atoms with Crippen LogP contribution in [0.4, 0.5) is 0 Å². The van der Waals surface area contributed by atoms with E-state index < -0.39 is 0 Å². The summed E-state index contributed by atoms with van der Waals surface area (Å²) in [5.41, 5.74) is 1.23. The summed E-state index contributed by atoms with van der Waals surface area (Å²) < 4.78 is 5.49. The molecule has 0 unspecified atom stereocenters. The number of likely N-dealkylation sites (N-methyl/N-ethyl adjacent to an activating group) is 1. The number of rotatable bonds is 6. The topological polar surface area (TPSA) is 44.7 Å². The van der Waals surface area contributed by atoms with Crippen LogP contribution in [0.1, 0.15) is 18.9 Å². The van der Waals surface area contributed by atoms with Gasteiger partial charge in [-0.3, -0.25) is 4.90 Å². The summed E-state index contributed by atoms with van der Waals surface area (Å²) in [5.74, 6) is 0.926. The van der Waals surface area contributed by atoms with Gasteiger partial charge in [0.1, 0.15) is 5.75 Å². The number of aliphatic hydroxyl groups is 1. The molecule has 1 saturated heterocycles. The Labute approximate surface area is 115 Å². The van der Waals surface area contributed by atoms with Crippen molar-refractivity contribution in [3.05, 3.63) is 29.8 Å². The quantitative estimate of drug-likeness (QED) is 0.811. The standard InChI is InChI=1S/C15H24N2O2/c1-3-19-15-6-4-5-12(7-15)9-16-10-13-8-14(18)11-17(13)2/h4-7,13-14,16,18H,3,8-11H2,1-2H3/t13-,14+/m0/s1. The summed E-state index contributed by atoms with van der Waals surface area (Å²) in [4.78, 5) is 2.22. The lowest BCUT2D eigenvalue weighted by Crippen LogP contribution is -2.35. The number of hydrogen-bond acceptors (Lipinski definition) is 4. The molecule has 2 N–H and O–H groups in total. The minimum Gasteiger partial charge on any atom is -0.494 e. The van der Waals surface area contributed by atoms with Gasteiger partial charge in [-0.1, -0.05) is 12.1 Å². The zero-order chi connectivity index (χ0) is 13.7. The van der Waals surface area contributed by atoms with E-state index in [-0.39, 0.29) is 6.10 Å². The van der Waals surface area contributed by atoms with Gasteiger partial charge in [-0.2, -0.15) is 0 Å². The Balaban J connectivity index is 1.77. The van der Waals surface area contributed by atoms with Crippen molar-refractivity contribution in [2.75, 3.05) is 26.7 Å². The summed E-state index contributed by atoms with van der Waals surface area (Å²) in [6.07, 6.45) is 0.695. The van der Waals surface area contributed by atoms with E-state index in [1.807, 2.05) is 19.1 Å². The lowest BCUT2D eigenvalue weighted by atomic mass is 10.2. The minimum absolute atomic E-state index is 0.168. The molecule has 0 saturated carbocycles. The number of benzene rings is 1. The monoisotopic (exact) mass is 264 g/mol. The Hall–Kier alpha value is -1.10. The molecular formula is C15H24N2O2. The molecule has 1 heterocycles. The van der Waals surface area contributed by atoms with Gasteiger partial charge >= 0.3 is 0 Å². The fourth-order valence-electron chi connectivity index (χ4n) is 2.58. The maximum absolute atomic E-state index is 9.60. The number of hydrogen-bond donors (Lipinski definition) is 2. The van der Waals surface area contributed by atoms with E-state index in [0.29, 0.717) is 12.6 Å². The Bertz CT molecular complexity index is 397. The Kier molecular flexibility index (Phi) is 5.19. The van der Waals surface area contributed by atoms with Crippen molar-refractivity contribution in [1.29, 1.82) is 0 Å². The zero-order valence-corrected chi connectivity index (χ0v) is 11.8. The normalized spacial score (nSPS) is 23.7. The van der Waals surface area contributed by atoms with Gasteiger partial charge in [0.2, 0.25) is 0 Å². The van der Waals surface area contributed by atoms with Crippen LogP contribution in [-0.4, -0.2) is 48.9 Å². The van der Waals surface area contributed by atoms with Crippen LogP contribution in [0.15, 0.2) is 24.3 Å². The first-order valence-corrected chi connectivity index (χ1v) is 6.99. The van der Waals surface area contributed by atoms with Crippen molar-refractivity contribution in [3.8, 4) is 5.75 Å². The summed E-state index contributed by atoms with van der Waals surface area (Å²) >= 11 is 0. The van der Waals surface area contributed by atoms with E-state index in [4.69, 9.17) is 4.74 Å². The highest BCUT2D eigenvalue weighted by Gasteiger charge is 2.27. The molecule has 1 fully saturated rings. The predicted molar refractivity (Wildman–Crippen MR) is 76.4 cm³/mol. The first-order valence-electron chi connectivity index (χ1n) is 6.99. The first-order chi connectivity index (χ1) is 9.19. The lowest BCUT2D eigenvalue weighted by Gasteiger charge is -2.19. The summed E-state index contributed by atoms with van der Waals surface area (Å²) in [6.45, 7) is 5.22. The zero-order valence-electron chi connectivity index (χ0n) is 11.8. The molecule has 106 valence electrons. The smallest absolute Gasteiger partial charge is 0.119 e. The van der Waals surface area contributed by atoms with Crippen molar-refractivity contribution in [1.82, 2.24) is 10.2 Å².